The van der Waals surface area contributed by atoms with Crippen LogP contribution in [0.15, 0.2) is 41.5 Å². The fourth-order valence-electron chi connectivity index (χ4n) is 3.24. The Kier molecular flexibility index (Phi) is 8.72. The van der Waals surface area contributed by atoms with Crippen molar-refractivity contribution in [2.75, 3.05) is 19.5 Å². The molecule has 1 aromatic heterocycles. The number of anilines is 1. The number of methoxy groups -OCH3 is 1. The Hall–Kier alpha value is -2.44. The Morgan fingerprint density at radius 2 is 2.09 bits per heavy atom. The average Bonchev–Trinajstić information content (AvgIpc) is 3.16. The number of para-hydroxylation sites is 1. The molecule has 0 bridgehead atoms. The van der Waals surface area contributed by atoms with Gasteiger partial charge in [0.2, 0.25) is 5.95 Å². The van der Waals surface area contributed by atoms with E-state index in [-0.39, 0.29) is 30.6 Å². The Bertz CT molecular complexity index is 1090. The maximum Gasteiger partial charge on any atom is 0.459 e. The topological polar surface area (TPSA) is 168 Å². The van der Waals surface area contributed by atoms with Crippen LogP contribution in [0.4, 0.5) is 5.95 Å². The van der Waals surface area contributed by atoms with Crippen LogP contribution in [0.2, 0.25) is 0 Å². The summed E-state index contributed by atoms with van der Waals surface area (Å²) in [6.45, 7) is 3.33. The largest absolute Gasteiger partial charge is 0.468 e. The zero-order valence-corrected chi connectivity index (χ0v) is 20.6. The molecule has 0 spiro atoms. The molecule has 0 saturated carbocycles. The van der Waals surface area contributed by atoms with Crippen LogP contribution in [0.5, 0.6) is 5.75 Å². The highest BCUT2D eigenvalue weighted by molar-refractivity contribution is 8.00. The number of benzene rings is 1. The fraction of sp³-hybridized carbons (Fsp3) is 0.500. The second-order valence-corrected chi connectivity index (χ2v) is 11.0. The van der Waals surface area contributed by atoms with Gasteiger partial charge in [-0.1, -0.05) is 32.0 Å². The number of carbonyl (C=O) groups excluding carboxylic acids is 1. The number of carbonyl (C=O) groups is 1. The molecule has 5 atom stereocenters. The number of aliphatic hydroxyl groups is 1. The number of rotatable bonds is 10. The van der Waals surface area contributed by atoms with E-state index in [0.717, 1.165) is 0 Å². The van der Waals surface area contributed by atoms with E-state index in [4.69, 9.17) is 19.5 Å². The average molecular weight is 514 g/mol. The Morgan fingerprint density at radius 3 is 2.71 bits per heavy atom. The van der Waals surface area contributed by atoms with Crippen LogP contribution in [0.1, 0.15) is 25.6 Å². The van der Waals surface area contributed by atoms with Gasteiger partial charge in [-0.2, -0.15) is 10.1 Å². The molecule has 1 saturated heterocycles. The van der Waals surface area contributed by atoms with Gasteiger partial charge in [-0.25, -0.2) is 14.3 Å². The lowest BCUT2D eigenvalue weighted by Crippen LogP contribution is -2.41. The van der Waals surface area contributed by atoms with E-state index in [0.29, 0.717) is 0 Å². The van der Waals surface area contributed by atoms with Crippen molar-refractivity contribution in [2.24, 2.45) is 5.92 Å². The third-order valence-electron chi connectivity index (χ3n) is 5.06. The van der Waals surface area contributed by atoms with E-state index < -0.39 is 42.2 Å². The molecule has 2 heterocycles. The molecule has 0 amide bonds. The summed E-state index contributed by atoms with van der Waals surface area (Å²) < 4.78 is 31.1. The lowest BCUT2D eigenvalue weighted by molar-refractivity contribution is -0.143. The second-order valence-electron chi connectivity index (χ2n) is 7.91. The number of aromatic nitrogens is 3. The van der Waals surface area contributed by atoms with E-state index in [9.17, 15) is 19.3 Å². The highest BCUT2D eigenvalue weighted by Gasteiger charge is 2.40. The summed E-state index contributed by atoms with van der Waals surface area (Å²) in [5.74, 6) is -0.764. The van der Waals surface area contributed by atoms with Gasteiger partial charge in [0.1, 0.15) is 18.1 Å². The Labute approximate surface area is 200 Å². The van der Waals surface area contributed by atoms with Gasteiger partial charge in [0.05, 0.1) is 30.4 Å². The van der Waals surface area contributed by atoms with Crippen molar-refractivity contribution in [3.8, 4) is 5.75 Å². The van der Waals surface area contributed by atoms with Gasteiger partial charge in [-0.15, -0.1) is 11.8 Å². The molecule has 1 aromatic carbocycles. The molecule has 14 heteroatoms. The number of nitrogens with one attached hydrogen (secondary N) is 1. The van der Waals surface area contributed by atoms with Gasteiger partial charge in [0.25, 0.3) is 0 Å². The summed E-state index contributed by atoms with van der Waals surface area (Å²) >= 11 is 1.25. The molecule has 3 rings (SSSR count). The molecule has 2 aromatic rings. The van der Waals surface area contributed by atoms with Gasteiger partial charge in [0.15, 0.2) is 0 Å². The molecule has 12 nitrogen and oxygen atoms in total. The third-order valence-corrected chi connectivity index (χ3v) is 8.12. The van der Waals surface area contributed by atoms with E-state index in [1.165, 1.54) is 29.8 Å². The maximum atomic E-state index is 13.7. The molecule has 4 N–H and O–H groups in total. The first-order chi connectivity index (χ1) is 16.1. The first kappa shape index (κ1) is 26.2. The van der Waals surface area contributed by atoms with Crippen LogP contribution in [-0.2, 0) is 18.6 Å². The lowest BCUT2D eigenvalue weighted by atomic mass is 10.1. The third kappa shape index (κ3) is 6.57. The summed E-state index contributed by atoms with van der Waals surface area (Å²) in [6.07, 6.45) is 0.624. The zero-order valence-electron chi connectivity index (χ0n) is 18.9. The normalized spacial score (nSPS) is 22.8. The monoisotopic (exact) mass is 513 g/mol. The van der Waals surface area contributed by atoms with Gasteiger partial charge in [-0.05, 0) is 18.1 Å². The predicted molar refractivity (Wildman–Crippen MR) is 126 cm³/mol. The molecular weight excluding hydrogens is 485 g/mol. The minimum atomic E-state index is -4.09. The minimum absolute atomic E-state index is 0.139. The van der Waals surface area contributed by atoms with Crippen LogP contribution in [0, 0.1) is 5.92 Å². The van der Waals surface area contributed by atoms with Gasteiger partial charge in [-0.3, -0.25) is 13.9 Å². The molecular formula is C20H28N5O7PS. The van der Waals surface area contributed by atoms with E-state index >= 15 is 0 Å². The first-order valence-corrected chi connectivity index (χ1v) is 13.0. The zero-order chi connectivity index (χ0) is 24.9. The summed E-state index contributed by atoms with van der Waals surface area (Å²) in [4.78, 5) is 31.8. The van der Waals surface area contributed by atoms with Gasteiger partial charge >= 0.3 is 19.4 Å². The minimum Gasteiger partial charge on any atom is -0.468 e. The molecule has 186 valence electrons. The van der Waals surface area contributed by atoms with E-state index in [1.807, 2.05) is 0 Å². The Balaban J connectivity index is 1.76. The van der Waals surface area contributed by atoms with Gasteiger partial charge < -0.3 is 20.1 Å². The van der Waals surface area contributed by atoms with Crippen molar-refractivity contribution in [1.29, 1.82) is 0 Å². The van der Waals surface area contributed by atoms with Gasteiger partial charge in [0, 0.05) is 6.42 Å². The molecule has 1 fully saturated rings. The lowest BCUT2D eigenvalue weighted by Gasteiger charge is -2.27. The second kappa shape index (κ2) is 11.3. The molecule has 1 aliphatic heterocycles. The van der Waals surface area contributed by atoms with Crippen molar-refractivity contribution in [3.05, 3.63) is 47.1 Å². The highest BCUT2D eigenvalue weighted by Crippen LogP contribution is 2.48. The number of nitrogen functional groups attached to an aromatic ring is 1. The number of nitrogens with two attached hydrogens (primary N) is 1. The van der Waals surface area contributed by atoms with Crippen molar-refractivity contribution < 1.29 is 28.3 Å². The van der Waals surface area contributed by atoms with Crippen LogP contribution < -0.4 is 21.0 Å². The van der Waals surface area contributed by atoms with E-state index in [2.05, 4.69) is 15.1 Å². The molecule has 0 aliphatic carbocycles. The van der Waals surface area contributed by atoms with E-state index in [1.54, 1.807) is 44.2 Å². The number of nitrogens with zero attached hydrogens (tertiary/aromatic N) is 3. The van der Waals surface area contributed by atoms with Crippen LogP contribution in [0.3, 0.4) is 0 Å². The number of aliphatic hydroxyl groups excluding tert-OH is 1. The molecule has 34 heavy (non-hydrogen) atoms. The summed E-state index contributed by atoms with van der Waals surface area (Å²) in [7, 11) is -2.86. The Morgan fingerprint density at radius 1 is 1.38 bits per heavy atom. The SMILES string of the molecule is COC(=O)[C@@H](NP(=O)(OC[C@H]1S[C@@H](n2cnc(N)nc2=O)CC1O)Oc1ccccc1)C(C)C. The number of ether oxygens (including phenoxy) is 1. The smallest absolute Gasteiger partial charge is 0.459 e. The van der Waals surface area contributed by atoms with Crippen molar-refractivity contribution in [2.45, 2.75) is 43.0 Å². The summed E-state index contributed by atoms with van der Waals surface area (Å²) in [5, 5.41) is 12.2. The fourth-order valence-corrected chi connectivity index (χ4v) is 6.45. The number of hydrogen-bond acceptors (Lipinski definition) is 11. The summed E-state index contributed by atoms with van der Waals surface area (Å²) in [6, 6.07) is 7.41. The highest BCUT2D eigenvalue weighted by atomic mass is 32.2. The van der Waals surface area contributed by atoms with Crippen LogP contribution in [0.25, 0.3) is 0 Å². The number of esters is 1. The van der Waals surface area contributed by atoms with Crippen molar-refractivity contribution in [3.63, 3.8) is 0 Å². The summed E-state index contributed by atoms with van der Waals surface area (Å²) in [5.41, 5.74) is 4.85. The van der Waals surface area contributed by atoms with Crippen LogP contribution in [-0.4, -0.2) is 56.7 Å². The van der Waals surface area contributed by atoms with Crippen molar-refractivity contribution in [1.82, 2.24) is 19.6 Å². The molecule has 1 aliphatic rings. The first-order valence-electron chi connectivity index (χ1n) is 10.5. The number of hydrogen-bond donors (Lipinski definition) is 3. The van der Waals surface area contributed by atoms with Crippen molar-refractivity contribution >= 4 is 31.4 Å². The number of thioether (sulfide) groups is 1. The predicted octanol–water partition coefficient (Wildman–Crippen LogP) is 1.58. The standard InChI is InChI=1S/C20H28N5O7PS/c1-12(2)17(18(27)30-3)24-33(29,32-13-7-5-4-6-8-13)31-10-15-14(26)9-16(34-15)25-11-22-19(21)23-20(25)28/h4-8,11-12,14-17,26H,9-10H2,1-3H3,(H,24,29)(H2,21,23,28)/t14?,15-,16-,17+,33?/m1/s1. The molecule has 2 unspecified atom stereocenters. The maximum absolute atomic E-state index is 13.7. The quantitative estimate of drug-likeness (QED) is 0.310. The molecule has 0 radical (unpaired) electrons. The van der Waals surface area contributed by atoms with Crippen LogP contribution >= 0.6 is 19.5 Å².